The first-order valence-corrected chi connectivity index (χ1v) is 4.10. The highest BCUT2D eigenvalue weighted by Gasteiger charge is 2.16. The summed E-state index contributed by atoms with van der Waals surface area (Å²) in [5, 5.41) is 16.6. The van der Waals surface area contributed by atoms with Crippen LogP contribution < -0.4 is 5.73 Å². The summed E-state index contributed by atoms with van der Waals surface area (Å²) in [5.74, 6) is 0.412. The molecule has 1 aromatic heterocycles. The van der Waals surface area contributed by atoms with Crippen molar-refractivity contribution in [1.82, 2.24) is 15.0 Å². The van der Waals surface area contributed by atoms with E-state index in [1.54, 1.807) is 0 Å². The average Bonchev–Trinajstić information content (AvgIpc) is 2.48. The Morgan fingerprint density at radius 1 is 1.69 bits per heavy atom. The highest BCUT2D eigenvalue weighted by atomic mass is 15.5. The summed E-state index contributed by atoms with van der Waals surface area (Å²) in [5.41, 5.74) is 5.06. The number of nitrogens with two attached hydrogens (primary N) is 1. The summed E-state index contributed by atoms with van der Waals surface area (Å²) >= 11 is 0. The molecule has 0 spiro atoms. The van der Waals surface area contributed by atoms with Crippen molar-refractivity contribution in [2.24, 2.45) is 5.41 Å². The quantitative estimate of drug-likeness (QED) is 0.744. The van der Waals surface area contributed by atoms with Crippen LogP contribution in [0.25, 0.3) is 0 Å². The van der Waals surface area contributed by atoms with Crippen LogP contribution in [0.2, 0.25) is 0 Å². The van der Waals surface area contributed by atoms with Gasteiger partial charge in [0.15, 0.2) is 5.82 Å². The van der Waals surface area contributed by atoms with Gasteiger partial charge in [-0.2, -0.15) is 15.2 Å². The third-order valence-corrected chi connectivity index (χ3v) is 1.79. The van der Waals surface area contributed by atoms with Crippen LogP contribution in [0.15, 0.2) is 6.20 Å². The number of anilines is 1. The van der Waals surface area contributed by atoms with Gasteiger partial charge in [0.25, 0.3) is 0 Å². The van der Waals surface area contributed by atoms with Crippen molar-refractivity contribution in [3.8, 4) is 6.07 Å². The van der Waals surface area contributed by atoms with Gasteiger partial charge in [-0.15, -0.1) is 5.10 Å². The number of rotatable bonds is 3. The largest absolute Gasteiger partial charge is 0.381 e. The number of hydrogen-bond acceptors (Lipinski definition) is 4. The van der Waals surface area contributed by atoms with Crippen molar-refractivity contribution in [1.29, 1.82) is 5.26 Å². The summed E-state index contributed by atoms with van der Waals surface area (Å²) in [6.45, 7) is 4.40. The molecule has 0 amide bonds. The first kappa shape index (κ1) is 9.52. The molecule has 0 saturated heterocycles. The zero-order valence-corrected chi connectivity index (χ0v) is 7.86. The zero-order valence-electron chi connectivity index (χ0n) is 7.86. The fourth-order valence-corrected chi connectivity index (χ4v) is 0.854. The van der Waals surface area contributed by atoms with Crippen molar-refractivity contribution >= 4 is 5.82 Å². The van der Waals surface area contributed by atoms with Gasteiger partial charge in [-0.05, 0) is 20.3 Å². The molecular formula is C8H13N5. The zero-order chi connectivity index (χ0) is 9.90. The van der Waals surface area contributed by atoms with E-state index < -0.39 is 0 Å². The molecule has 0 aliphatic carbocycles. The lowest BCUT2D eigenvalue weighted by molar-refractivity contribution is 0.379. The van der Waals surface area contributed by atoms with E-state index in [2.05, 4.69) is 16.3 Å². The van der Waals surface area contributed by atoms with Crippen molar-refractivity contribution in [2.45, 2.75) is 26.8 Å². The van der Waals surface area contributed by atoms with Crippen molar-refractivity contribution < 1.29 is 0 Å². The molecule has 13 heavy (non-hydrogen) atoms. The Morgan fingerprint density at radius 2 is 2.38 bits per heavy atom. The monoisotopic (exact) mass is 179 g/mol. The molecule has 1 aromatic rings. The minimum Gasteiger partial charge on any atom is -0.381 e. The molecule has 2 N–H and O–H groups in total. The molecule has 1 heterocycles. The van der Waals surface area contributed by atoms with E-state index in [-0.39, 0.29) is 5.41 Å². The molecule has 0 fully saturated rings. The first-order valence-electron chi connectivity index (χ1n) is 4.10. The fourth-order valence-electron chi connectivity index (χ4n) is 0.854. The summed E-state index contributed by atoms with van der Waals surface area (Å²) < 4.78 is 0. The van der Waals surface area contributed by atoms with Crippen LogP contribution in [0.4, 0.5) is 5.82 Å². The van der Waals surface area contributed by atoms with Gasteiger partial charge in [0.1, 0.15) is 0 Å². The highest BCUT2D eigenvalue weighted by Crippen LogP contribution is 2.18. The van der Waals surface area contributed by atoms with Crippen molar-refractivity contribution in [3.63, 3.8) is 0 Å². The van der Waals surface area contributed by atoms with E-state index in [1.807, 2.05) is 13.8 Å². The fraction of sp³-hybridized carbons (Fsp3) is 0.625. The van der Waals surface area contributed by atoms with E-state index >= 15 is 0 Å². The number of aromatic nitrogens is 3. The molecule has 0 aliphatic heterocycles. The second-order valence-corrected chi connectivity index (χ2v) is 3.61. The molecule has 0 unspecified atom stereocenters. The maximum atomic E-state index is 8.75. The van der Waals surface area contributed by atoms with Crippen LogP contribution in [0, 0.1) is 16.7 Å². The Morgan fingerprint density at radius 3 is 2.85 bits per heavy atom. The Hall–Kier alpha value is -1.57. The lowest BCUT2D eigenvalue weighted by Gasteiger charge is -2.13. The van der Waals surface area contributed by atoms with Gasteiger partial charge in [-0.3, -0.25) is 0 Å². The number of nitrogen functional groups attached to an aromatic ring is 1. The van der Waals surface area contributed by atoms with Crippen LogP contribution in [-0.4, -0.2) is 15.0 Å². The SMILES string of the molecule is CC(C)(C#N)CCn1ncc(N)n1. The van der Waals surface area contributed by atoms with Crippen LogP contribution in [-0.2, 0) is 6.54 Å². The lowest BCUT2D eigenvalue weighted by Crippen LogP contribution is -2.14. The van der Waals surface area contributed by atoms with E-state index in [4.69, 9.17) is 11.0 Å². The molecule has 5 heteroatoms. The standard InChI is InChI=1S/C8H13N5/c1-8(2,6-9)3-4-13-11-5-7(10)12-13/h5H,3-4H2,1-2H3,(H2,10,12). The first-order chi connectivity index (χ1) is 6.03. The van der Waals surface area contributed by atoms with Gasteiger partial charge in [-0.1, -0.05) is 0 Å². The third kappa shape index (κ3) is 2.75. The van der Waals surface area contributed by atoms with Crippen LogP contribution >= 0.6 is 0 Å². The number of nitriles is 1. The third-order valence-electron chi connectivity index (χ3n) is 1.79. The van der Waals surface area contributed by atoms with Gasteiger partial charge < -0.3 is 5.73 Å². The van der Waals surface area contributed by atoms with Gasteiger partial charge in [0.2, 0.25) is 0 Å². The predicted octanol–water partition coefficient (Wildman–Crippen LogP) is 0.800. The molecule has 70 valence electrons. The molecule has 0 aliphatic rings. The normalized spacial score (nSPS) is 11.2. The van der Waals surface area contributed by atoms with Crippen LogP contribution in [0.1, 0.15) is 20.3 Å². The van der Waals surface area contributed by atoms with Crippen LogP contribution in [0.5, 0.6) is 0 Å². The van der Waals surface area contributed by atoms with E-state index in [0.29, 0.717) is 12.4 Å². The van der Waals surface area contributed by atoms with Gasteiger partial charge in [0, 0.05) is 0 Å². The molecule has 1 rings (SSSR count). The molecule has 0 saturated carbocycles. The molecular weight excluding hydrogens is 166 g/mol. The Kier molecular flexibility index (Phi) is 2.52. The van der Waals surface area contributed by atoms with E-state index in [0.717, 1.165) is 6.42 Å². The number of hydrogen-bond donors (Lipinski definition) is 1. The lowest BCUT2D eigenvalue weighted by atomic mass is 9.92. The van der Waals surface area contributed by atoms with Crippen molar-refractivity contribution in [2.75, 3.05) is 5.73 Å². The van der Waals surface area contributed by atoms with Gasteiger partial charge >= 0.3 is 0 Å². The maximum Gasteiger partial charge on any atom is 0.165 e. The molecule has 0 aromatic carbocycles. The molecule has 0 radical (unpaired) electrons. The summed E-state index contributed by atoms with van der Waals surface area (Å²) in [7, 11) is 0. The van der Waals surface area contributed by atoms with Crippen LogP contribution in [0.3, 0.4) is 0 Å². The summed E-state index contributed by atoms with van der Waals surface area (Å²) in [6, 6.07) is 2.22. The Labute approximate surface area is 77.1 Å². The average molecular weight is 179 g/mol. The van der Waals surface area contributed by atoms with Gasteiger partial charge in [-0.25, -0.2) is 0 Å². The Bertz CT molecular complexity index is 320. The van der Waals surface area contributed by atoms with E-state index in [9.17, 15) is 0 Å². The topological polar surface area (TPSA) is 80.5 Å². The molecule has 0 bridgehead atoms. The second kappa shape index (κ2) is 3.44. The minimum absolute atomic E-state index is 0.331. The number of nitrogens with zero attached hydrogens (tertiary/aromatic N) is 4. The molecule has 0 atom stereocenters. The van der Waals surface area contributed by atoms with Gasteiger partial charge in [0.05, 0.1) is 24.2 Å². The minimum atomic E-state index is -0.331. The van der Waals surface area contributed by atoms with Crippen molar-refractivity contribution in [3.05, 3.63) is 6.20 Å². The smallest absolute Gasteiger partial charge is 0.165 e. The molecule has 5 nitrogen and oxygen atoms in total. The summed E-state index contributed by atoms with van der Waals surface area (Å²) in [6.07, 6.45) is 2.22. The maximum absolute atomic E-state index is 8.75. The summed E-state index contributed by atoms with van der Waals surface area (Å²) in [4.78, 5) is 1.51. The van der Waals surface area contributed by atoms with E-state index in [1.165, 1.54) is 11.0 Å². The number of aryl methyl sites for hydroxylation is 1. The highest BCUT2D eigenvalue weighted by molar-refractivity contribution is 5.19. The Balaban J connectivity index is 2.49. The second-order valence-electron chi connectivity index (χ2n) is 3.61. The predicted molar refractivity (Wildman–Crippen MR) is 48.4 cm³/mol.